The minimum Gasteiger partial charge on any atom is -0.481 e. The van der Waals surface area contributed by atoms with E-state index in [1.54, 1.807) is 0 Å². The summed E-state index contributed by atoms with van der Waals surface area (Å²) in [5.74, 6) is -18.2. The number of carboxylic acids is 2. The average molecular weight is 427 g/mol. The molecule has 0 radical (unpaired) electrons. The number of nitrogens with one attached hydrogen (secondary N) is 1. The Hall–Kier alpha value is -2.02. The third-order valence-electron chi connectivity index (χ3n) is 5.07. The van der Waals surface area contributed by atoms with Crippen LogP contribution in [0.25, 0.3) is 0 Å². The van der Waals surface area contributed by atoms with Crippen LogP contribution in [0.3, 0.4) is 0 Å². The zero-order valence-corrected chi connectivity index (χ0v) is 16.0. The maximum absolute atomic E-state index is 13.3. The zero-order valence-electron chi connectivity index (χ0n) is 16.0. The smallest absolute Gasteiger partial charge is 0.374 e. The Morgan fingerprint density at radius 1 is 0.966 bits per heavy atom. The van der Waals surface area contributed by atoms with Crippen molar-refractivity contribution in [2.24, 2.45) is 29.6 Å². The maximum Gasteiger partial charge on any atom is 0.374 e. The molecule has 0 heterocycles. The molecule has 13 heteroatoms. The Morgan fingerprint density at radius 2 is 1.41 bits per heavy atom. The molecular weight excluding hydrogens is 405 g/mol. The fourth-order valence-corrected chi connectivity index (χ4v) is 3.47. The summed E-state index contributed by atoms with van der Waals surface area (Å²) in [7, 11) is -1.07. The summed E-state index contributed by atoms with van der Waals surface area (Å²) >= 11 is 0. The van der Waals surface area contributed by atoms with Gasteiger partial charge in [-0.1, -0.05) is 6.92 Å². The lowest BCUT2D eigenvalue weighted by Gasteiger charge is -2.15. The van der Waals surface area contributed by atoms with Crippen molar-refractivity contribution < 1.29 is 52.0 Å². The number of carbonyl (C=O) groups excluding carboxylic acids is 2. The van der Waals surface area contributed by atoms with Crippen molar-refractivity contribution >= 4 is 30.6 Å². The molecule has 4 N–H and O–H groups in total. The second-order valence-electron chi connectivity index (χ2n) is 7.36. The third-order valence-corrected chi connectivity index (χ3v) is 5.07. The SMILES string of the molecule is CB(O)NC(C(C)=O)C1C(C(C)=O)C1(F)F.C[C@H](C(=O)O)[C@@H]1[C@@H](C(=O)O)C1(F)F. The van der Waals surface area contributed by atoms with Crippen molar-refractivity contribution in [3.63, 3.8) is 0 Å². The lowest BCUT2D eigenvalue weighted by molar-refractivity contribution is -0.143. The monoisotopic (exact) mass is 427 g/mol. The molecule has 2 rings (SSSR count). The molecule has 0 spiro atoms. The lowest BCUT2D eigenvalue weighted by Crippen LogP contribution is -2.46. The fraction of sp³-hybridized carbons (Fsp3) is 0.750. The number of carboxylic acid groups (broad SMARTS) is 2. The van der Waals surface area contributed by atoms with Crippen LogP contribution < -0.4 is 5.23 Å². The van der Waals surface area contributed by atoms with Crippen LogP contribution in [0, 0.1) is 29.6 Å². The summed E-state index contributed by atoms with van der Waals surface area (Å²) < 4.78 is 51.9. The molecule has 0 saturated heterocycles. The Bertz CT molecular complexity index is 703. The summed E-state index contributed by atoms with van der Waals surface area (Å²) in [5.41, 5.74) is 0. The van der Waals surface area contributed by atoms with Crippen molar-refractivity contribution in [3.8, 4) is 0 Å². The number of Topliss-reactive ketones (excluding diaryl/α,β-unsaturated/α-hetero) is 2. The second-order valence-corrected chi connectivity index (χ2v) is 7.36. The van der Waals surface area contributed by atoms with Crippen LogP contribution in [-0.4, -0.2) is 63.7 Å². The average Bonchev–Trinajstić information content (AvgIpc) is 3.32. The van der Waals surface area contributed by atoms with Gasteiger partial charge in [-0.2, -0.15) is 0 Å². The van der Waals surface area contributed by atoms with Crippen LogP contribution in [-0.2, 0) is 19.2 Å². The topological polar surface area (TPSA) is 141 Å². The van der Waals surface area contributed by atoms with E-state index in [0.717, 1.165) is 20.8 Å². The highest BCUT2D eigenvalue weighted by molar-refractivity contribution is 6.46. The molecule has 2 aliphatic rings. The Morgan fingerprint density at radius 3 is 1.66 bits per heavy atom. The van der Waals surface area contributed by atoms with Gasteiger partial charge in [0, 0.05) is 0 Å². The largest absolute Gasteiger partial charge is 0.481 e. The first-order valence-corrected chi connectivity index (χ1v) is 8.65. The van der Waals surface area contributed by atoms with Crippen LogP contribution in [0.4, 0.5) is 17.6 Å². The number of alkyl halides is 4. The van der Waals surface area contributed by atoms with Gasteiger partial charge in [-0.3, -0.25) is 19.2 Å². The van der Waals surface area contributed by atoms with Crippen LogP contribution in [0.15, 0.2) is 0 Å². The Labute approximate surface area is 163 Å². The molecule has 0 amide bonds. The lowest BCUT2D eigenvalue weighted by atomic mass is 9.85. The van der Waals surface area contributed by atoms with Gasteiger partial charge in [0.25, 0.3) is 11.8 Å². The first-order chi connectivity index (χ1) is 13.0. The third kappa shape index (κ3) is 5.13. The van der Waals surface area contributed by atoms with E-state index in [1.807, 2.05) is 0 Å². The summed E-state index contributed by atoms with van der Waals surface area (Å²) in [4.78, 5) is 42.7. The fourth-order valence-electron chi connectivity index (χ4n) is 3.47. The van der Waals surface area contributed by atoms with Gasteiger partial charge in [0.05, 0.1) is 29.7 Å². The molecule has 29 heavy (non-hydrogen) atoms. The number of ketones is 2. The summed E-state index contributed by atoms with van der Waals surface area (Å²) in [6.07, 6.45) is 0. The summed E-state index contributed by atoms with van der Waals surface area (Å²) in [6.45, 7) is 4.66. The molecule has 0 aliphatic heterocycles. The van der Waals surface area contributed by atoms with Crippen molar-refractivity contribution in [2.45, 2.75) is 45.5 Å². The van der Waals surface area contributed by atoms with Crippen LogP contribution in [0.5, 0.6) is 0 Å². The predicted octanol–water partition coefficient (Wildman–Crippen LogP) is 0.787. The van der Waals surface area contributed by atoms with E-state index < -0.39 is 78.0 Å². The minimum atomic E-state index is -3.37. The summed E-state index contributed by atoms with van der Waals surface area (Å²) in [5, 5.41) is 28.1. The number of carbonyl (C=O) groups is 4. The summed E-state index contributed by atoms with van der Waals surface area (Å²) in [6, 6.07) is -1.18. The van der Waals surface area contributed by atoms with Gasteiger partial charge in [0.15, 0.2) is 0 Å². The van der Waals surface area contributed by atoms with Crippen LogP contribution >= 0.6 is 0 Å². The second kappa shape index (κ2) is 8.38. The quantitative estimate of drug-likeness (QED) is 0.329. The van der Waals surface area contributed by atoms with E-state index >= 15 is 0 Å². The highest BCUT2D eigenvalue weighted by Gasteiger charge is 2.75. The van der Waals surface area contributed by atoms with Crippen molar-refractivity contribution in [1.29, 1.82) is 0 Å². The van der Waals surface area contributed by atoms with Gasteiger partial charge >= 0.3 is 19.0 Å². The van der Waals surface area contributed by atoms with Gasteiger partial charge in [0.1, 0.15) is 17.5 Å². The van der Waals surface area contributed by atoms with Crippen molar-refractivity contribution in [1.82, 2.24) is 5.23 Å². The van der Waals surface area contributed by atoms with Gasteiger partial charge in [-0.15, -0.1) is 0 Å². The number of halogens is 4. The zero-order chi connectivity index (χ0) is 23.1. The van der Waals surface area contributed by atoms with Crippen LogP contribution in [0.1, 0.15) is 20.8 Å². The van der Waals surface area contributed by atoms with Crippen molar-refractivity contribution in [2.75, 3.05) is 0 Å². The molecule has 3 unspecified atom stereocenters. The predicted molar refractivity (Wildman–Crippen MR) is 90.4 cm³/mol. The highest BCUT2D eigenvalue weighted by atomic mass is 19.3. The molecule has 2 aliphatic carbocycles. The number of hydrogen-bond donors (Lipinski definition) is 4. The first kappa shape index (κ1) is 25.0. The molecule has 164 valence electrons. The van der Waals surface area contributed by atoms with E-state index in [9.17, 15) is 36.7 Å². The molecule has 8 nitrogen and oxygen atoms in total. The first-order valence-electron chi connectivity index (χ1n) is 8.65. The number of rotatable bonds is 8. The normalized spacial score (nSPS) is 30.1. The molecule has 0 aromatic carbocycles. The number of aliphatic carboxylic acids is 2. The van der Waals surface area contributed by atoms with Crippen molar-refractivity contribution in [3.05, 3.63) is 0 Å². The molecule has 0 bridgehead atoms. The Balaban J connectivity index is 0.000000296. The van der Waals surface area contributed by atoms with E-state index in [1.165, 1.54) is 6.82 Å². The van der Waals surface area contributed by atoms with Gasteiger partial charge in [-0.25, -0.2) is 17.6 Å². The van der Waals surface area contributed by atoms with Gasteiger partial charge < -0.3 is 20.5 Å². The van der Waals surface area contributed by atoms with Gasteiger partial charge in [0.2, 0.25) is 0 Å². The minimum absolute atomic E-state index is 0.505. The molecule has 6 atom stereocenters. The molecule has 0 aromatic heterocycles. The van der Waals surface area contributed by atoms with Crippen LogP contribution in [0.2, 0.25) is 6.82 Å². The van der Waals surface area contributed by atoms with E-state index in [4.69, 9.17) is 15.2 Å². The standard InChI is InChI=1S/C9H14BF2NO3.C7H8F2O4/c1-4(14)6-7(9(6,11)12)8(5(2)15)13-10(3)16;1-2(5(10)11)3-4(6(12)13)7(3,8)9/h6-8,13,16H,1-3H3;2-4H,1H3,(H,10,11)(H,12,13)/t;2-,3+,4-/m.0/s1. The van der Waals surface area contributed by atoms with E-state index in [-0.39, 0.29) is 0 Å². The maximum atomic E-state index is 13.3. The van der Waals surface area contributed by atoms with E-state index in [0.29, 0.717) is 0 Å². The molecule has 0 aromatic rings. The number of hydrogen-bond acceptors (Lipinski definition) is 6. The molecule has 2 saturated carbocycles. The van der Waals surface area contributed by atoms with Gasteiger partial charge in [-0.05, 0) is 20.7 Å². The highest BCUT2D eigenvalue weighted by Crippen LogP contribution is 2.59. The Kier molecular flexibility index (Phi) is 7.23. The molecule has 2 fully saturated rings. The van der Waals surface area contributed by atoms with E-state index in [2.05, 4.69) is 5.23 Å². The molecular formula is C16H22BF4NO7.